The van der Waals surface area contributed by atoms with E-state index in [0.717, 1.165) is 6.21 Å². The first-order valence-corrected chi connectivity index (χ1v) is 4.80. The fourth-order valence-electron chi connectivity index (χ4n) is 0.954. The highest BCUT2D eigenvalue weighted by Crippen LogP contribution is 2.25. The summed E-state index contributed by atoms with van der Waals surface area (Å²) in [4.78, 5) is 11.5. The third-order valence-electron chi connectivity index (χ3n) is 1.63. The molecule has 6 heteroatoms. The smallest absolute Gasteiger partial charge is 0.253 e. The summed E-state index contributed by atoms with van der Waals surface area (Å²) in [6.07, 6.45) is 1.15. The van der Waals surface area contributed by atoms with Crippen LogP contribution in [-0.2, 0) is 0 Å². The summed E-state index contributed by atoms with van der Waals surface area (Å²) in [5.74, 6) is -0.373. The molecule has 0 atom stereocenters. The van der Waals surface area contributed by atoms with E-state index >= 15 is 0 Å². The molecular weight excluding hydrogens is 239 g/mol. The molecular formula is C9H8Cl2N2O2. The minimum atomic E-state index is -0.373. The van der Waals surface area contributed by atoms with Crippen LogP contribution in [0.2, 0.25) is 10.0 Å². The summed E-state index contributed by atoms with van der Waals surface area (Å²) < 4.78 is 0. The number of hydrogen-bond acceptors (Lipinski definition) is 3. The number of amides is 1. The summed E-state index contributed by atoms with van der Waals surface area (Å²) in [6.45, 7) is 0.123. The molecule has 0 aliphatic heterocycles. The molecule has 0 saturated heterocycles. The molecule has 0 radical (unpaired) electrons. The number of hydrogen-bond donors (Lipinski definition) is 2. The minimum absolute atomic E-state index is 0.123. The molecule has 0 unspecified atom stereocenters. The summed E-state index contributed by atoms with van der Waals surface area (Å²) >= 11 is 11.6. The number of benzene rings is 1. The largest absolute Gasteiger partial charge is 0.411 e. The summed E-state index contributed by atoms with van der Waals surface area (Å²) in [7, 11) is 0. The highest BCUT2D eigenvalue weighted by molar-refractivity contribution is 6.43. The van der Waals surface area contributed by atoms with Gasteiger partial charge in [-0.1, -0.05) is 29.3 Å². The number of nitrogens with one attached hydrogen (secondary N) is 1. The number of oxime groups is 1. The maximum atomic E-state index is 11.5. The predicted octanol–water partition coefficient (Wildman–Crippen LogP) is 2.18. The maximum Gasteiger partial charge on any atom is 0.253 e. The van der Waals surface area contributed by atoms with E-state index < -0.39 is 0 Å². The molecule has 1 aromatic rings. The van der Waals surface area contributed by atoms with Gasteiger partial charge in [0.2, 0.25) is 0 Å². The topological polar surface area (TPSA) is 61.7 Å². The molecule has 0 aromatic heterocycles. The van der Waals surface area contributed by atoms with Gasteiger partial charge in [-0.05, 0) is 12.1 Å². The van der Waals surface area contributed by atoms with Gasteiger partial charge in [0.05, 0.1) is 28.4 Å². The Bertz CT molecular complexity index is 394. The average Bonchev–Trinajstić information content (AvgIpc) is 2.22. The molecule has 0 bridgehead atoms. The van der Waals surface area contributed by atoms with Crippen molar-refractivity contribution in [3.05, 3.63) is 33.8 Å². The number of nitrogens with zero attached hydrogens (tertiary/aromatic N) is 1. The van der Waals surface area contributed by atoms with Crippen molar-refractivity contribution in [3.8, 4) is 0 Å². The van der Waals surface area contributed by atoms with E-state index in [4.69, 9.17) is 28.4 Å². The van der Waals surface area contributed by atoms with Crippen LogP contribution in [-0.4, -0.2) is 23.9 Å². The van der Waals surface area contributed by atoms with Gasteiger partial charge in [-0.15, -0.1) is 5.16 Å². The van der Waals surface area contributed by atoms with Crippen LogP contribution in [0.5, 0.6) is 0 Å². The zero-order chi connectivity index (χ0) is 11.3. The second-order valence-electron chi connectivity index (χ2n) is 2.61. The molecule has 1 rings (SSSR count). The first kappa shape index (κ1) is 11.8. The van der Waals surface area contributed by atoms with E-state index in [1.54, 1.807) is 18.2 Å². The fraction of sp³-hybridized carbons (Fsp3) is 0.111. The third-order valence-corrected chi connectivity index (χ3v) is 2.45. The van der Waals surface area contributed by atoms with Crippen molar-refractivity contribution in [3.63, 3.8) is 0 Å². The molecule has 2 N–H and O–H groups in total. The second-order valence-corrected chi connectivity index (χ2v) is 3.39. The monoisotopic (exact) mass is 246 g/mol. The normalized spacial score (nSPS) is 10.5. The standard InChI is InChI=1S/C9H8Cl2N2O2/c10-7-3-1-2-6(8(7)11)9(14)12-4-5-13-15/h1-3,5,15H,4H2,(H,12,14). The fourth-order valence-corrected chi connectivity index (χ4v) is 1.34. The van der Waals surface area contributed by atoms with Crippen LogP contribution >= 0.6 is 23.2 Å². The third kappa shape index (κ3) is 3.11. The molecule has 0 aliphatic carbocycles. The zero-order valence-electron chi connectivity index (χ0n) is 7.58. The average molecular weight is 247 g/mol. The van der Waals surface area contributed by atoms with Gasteiger partial charge in [-0.3, -0.25) is 4.79 Å². The minimum Gasteiger partial charge on any atom is -0.411 e. The van der Waals surface area contributed by atoms with Crippen LogP contribution in [0.25, 0.3) is 0 Å². The molecule has 4 nitrogen and oxygen atoms in total. The summed E-state index contributed by atoms with van der Waals surface area (Å²) in [5.41, 5.74) is 0.288. The van der Waals surface area contributed by atoms with Gasteiger partial charge in [-0.25, -0.2) is 0 Å². The van der Waals surface area contributed by atoms with E-state index in [-0.39, 0.29) is 23.0 Å². The lowest BCUT2D eigenvalue weighted by Crippen LogP contribution is -2.25. The molecule has 0 fully saturated rings. The Morgan fingerprint density at radius 3 is 2.93 bits per heavy atom. The highest BCUT2D eigenvalue weighted by atomic mass is 35.5. The van der Waals surface area contributed by atoms with E-state index in [9.17, 15) is 4.79 Å². The zero-order valence-corrected chi connectivity index (χ0v) is 9.09. The first-order chi connectivity index (χ1) is 7.16. The Morgan fingerprint density at radius 1 is 1.53 bits per heavy atom. The van der Waals surface area contributed by atoms with Crippen LogP contribution in [0.1, 0.15) is 10.4 Å². The number of halogens is 2. The Hall–Kier alpha value is -1.26. The Balaban J connectivity index is 2.78. The second kappa shape index (κ2) is 5.58. The van der Waals surface area contributed by atoms with Gasteiger partial charge >= 0.3 is 0 Å². The van der Waals surface area contributed by atoms with Crippen LogP contribution < -0.4 is 5.32 Å². The van der Waals surface area contributed by atoms with Crippen LogP contribution in [0.4, 0.5) is 0 Å². The first-order valence-electron chi connectivity index (χ1n) is 4.05. The van der Waals surface area contributed by atoms with Crippen LogP contribution in [0.3, 0.4) is 0 Å². The van der Waals surface area contributed by atoms with Crippen molar-refractivity contribution in [1.82, 2.24) is 5.32 Å². The van der Waals surface area contributed by atoms with Crippen molar-refractivity contribution < 1.29 is 10.0 Å². The molecule has 0 spiro atoms. The SMILES string of the molecule is O=C(NCC=NO)c1cccc(Cl)c1Cl. The lowest BCUT2D eigenvalue weighted by molar-refractivity contribution is 0.0959. The van der Waals surface area contributed by atoms with Crippen molar-refractivity contribution in [2.75, 3.05) is 6.54 Å². The maximum absolute atomic E-state index is 11.5. The van der Waals surface area contributed by atoms with Crippen LogP contribution in [0, 0.1) is 0 Å². The number of carbonyl (C=O) groups excluding carboxylic acids is 1. The number of rotatable bonds is 3. The van der Waals surface area contributed by atoms with E-state index in [1.807, 2.05) is 0 Å². The van der Waals surface area contributed by atoms with Crippen molar-refractivity contribution in [1.29, 1.82) is 0 Å². The van der Waals surface area contributed by atoms with E-state index in [1.165, 1.54) is 0 Å². The predicted molar refractivity (Wildman–Crippen MR) is 59.1 cm³/mol. The number of carbonyl (C=O) groups is 1. The molecule has 15 heavy (non-hydrogen) atoms. The van der Waals surface area contributed by atoms with Gasteiger partial charge in [0.1, 0.15) is 0 Å². The molecule has 1 amide bonds. The molecule has 0 heterocycles. The molecule has 0 aliphatic rings. The van der Waals surface area contributed by atoms with Crippen LogP contribution in [0.15, 0.2) is 23.4 Å². The van der Waals surface area contributed by atoms with Gasteiger partial charge in [-0.2, -0.15) is 0 Å². The van der Waals surface area contributed by atoms with Crippen molar-refractivity contribution in [2.24, 2.45) is 5.16 Å². The summed E-state index contributed by atoms with van der Waals surface area (Å²) in [6, 6.07) is 4.78. The highest BCUT2D eigenvalue weighted by Gasteiger charge is 2.11. The van der Waals surface area contributed by atoms with Crippen molar-refractivity contribution >= 4 is 35.3 Å². The van der Waals surface area contributed by atoms with E-state index in [0.29, 0.717) is 5.02 Å². The Morgan fingerprint density at radius 2 is 2.27 bits per heavy atom. The molecule has 80 valence electrons. The Labute approximate surface area is 96.5 Å². The van der Waals surface area contributed by atoms with Gasteiger partial charge < -0.3 is 10.5 Å². The summed E-state index contributed by atoms with van der Waals surface area (Å²) in [5, 5.41) is 13.9. The lowest BCUT2D eigenvalue weighted by Gasteiger charge is -2.04. The molecule has 0 saturated carbocycles. The Kier molecular flexibility index (Phi) is 4.39. The molecule has 1 aromatic carbocycles. The van der Waals surface area contributed by atoms with Crippen molar-refractivity contribution in [2.45, 2.75) is 0 Å². The quantitative estimate of drug-likeness (QED) is 0.488. The van der Waals surface area contributed by atoms with Gasteiger partial charge in [0.15, 0.2) is 0 Å². The lowest BCUT2D eigenvalue weighted by atomic mass is 10.2. The van der Waals surface area contributed by atoms with Gasteiger partial charge in [0, 0.05) is 0 Å². The van der Waals surface area contributed by atoms with E-state index in [2.05, 4.69) is 10.5 Å². The van der Waals surface area contributed by atoms with Gasteiger partial charge in [0.25, 0.3) is 5.91 Å².